The summed E-state index contributed by atoms with van der Waals surface area (Å²) in [5.41, 5.74) is 0. The number of nitrogens with one attached hydrogen (secondary N) is 1. The molecule has 0 spiro atoms. The Kier molecular flexibility index (Phi) is 6.50. The molecule has 4 heteroatoms. The summed E-state index contributed by atoms with van der Waals surface area (Å²) in [5.74, 6) is 0.665. The van der Waals surface area contributed by atoms with Gasteiger partial charge in [0.1, 0.15) is 5.82 Å². The van der Waals surface area contributed by atoms with Crippen molar-refractivity contribution in [2.24, 2.45) is 5.92 Å². The summed E-state index contributed by atoms with van der Waals surface area (Å²) in [6.07, 6.45) is 1.04. The van der Waals surface area contributed by atoms with Crippen molar-refractivity contribution in [3.8, 4) is 0 Å². The monoisotopic (exact) mass is 271 g/mol. The minimum absolute atomic E-state index is 0.212. The molecule has 1 aromatic carbocycles. The van der Waals surface area contributed by atoms with Crippen LogP contribution in [0.25, 0.3) is 0 Å². The summed E-state index contributed by atoms with van der Waals surface area (Å²) < 4.78 is 25.3. The van der Waals surface area contributed by atoms with Gasteiger partial charge in [0.15, 0.2) is 0 Å². The molecule has 0 saturated carbocycles. The van der Waals surface area contributed by atoms with E-state index in [2.05, 4.69) is 19.2 Å². The van der Waals surface area contributed by atoms with Crippen LogP contribution < -0.4 is 5.32 Å². The van der Waals surface area contributed by atoms with E-state index < -0.39 is 10.8 Å². The van der Waals surface area contributed by atoms with E-state index in [9.17, 15) is 8.60 Å². The fraction of sp³-hybridized carbons (Fsp3) is 0.571. The molecule has 0 heterocycles. The Morgan fingerprint density at radius 2 is 2.11 bits per heavy atom. The van der Waals surface area contributed by atoms with Gasteiger partial charge in [-0.1, -0.05) is 33.3 Å². The van der Waals surface area contributed by atoms with E-state index in [4.69, 9.17) is 0 Å². The molecular weight excluding hydrogens is 249 g/mol. The summed E-state index contributed by atoms with van der Waals surface area (Å²) >= 11 is 0. The Morgan fingerprint density at radius 1 is 1.39 bits per heavy atom. The largest absolute Gasteiger partial charge is 0.313 e. The molecule has 0 aromatic heterocycles. The van der Waals surface area contributed by atoms with Gasteiger partial charge in [0.2, 0.25) is 0 Å². The van der Waals surface area contributed by atoms with Crippen molar-refractivity contribution in [2.45, 2.75) is 38.1 Å². The minimum atomic E-state index is -1.15. The molecule has 0 fully saturated rings. The van der Waals surface area contributed by atoms with Gasteiger partial charge >= 0.3 is 0 Å². The van der Waals surface area contributed by atoms with Gasteiger partial charge in [-0.05, 0) is 30.7 Å². The molecule has 0 aliphatic heterocycles. The predicted molar refractivity (Wildman–Crippen MR) is 74.6 cm³/mol. The van der Waals surface area contributed by atoms with Crippen LogP contribution in [0.1, 0.15) is 27.2 Å². The third-order valence-corrected chi connectivity index (χ3v) is 4.63. The molecule has 102 valence electrons. The maximum Gasteiger partial charge on any atom is 0.124 e. The van der Waals surface area contributed by atoms with Gasteiger partial charge in [-0.2, -0.15) is 0 Å². The standard InChI is InChI=1S/C14H22FNOS/c1-4-11(3)14(16-5-2)10-18(17)13-8-6-7-12(15)9-13/h6-9,11,14,16H,4-5,10H2,1-3H3. The van der Waals surface area contributed by atoms with E-state index in [1.807, 2.05) is 6.92 Å². The third kappa shape index (κ3) is 4.50. The van der Waals surface area contributed by atoms with Gasteiger partial charge < -0.3 is 5.32 Å². The topological polar surface area (TPSA) is 29.1 Å². The quantitative estimate of drug-likeness (QED) is 0.826. The molecule has 2 nitrogen and oxygen atoms in total. The lowest BCUT2D eigenvalue weighted by molar-refractivity contribution is 0.401. The van der Waals surface area contributed by atoms with E-state index in [1.165, 1.54) is 12.1 Å². The summed E-state index contributed by atoms with van der Waals surface area (Å²) in [7, 11) is -1.15. The lowest BCUT2D eigenvalue weighted by Gasteiger charge is -2.23. The molecule has 3 unspecified atom stereocenters. The minimum Gasteiger partial charge on any atom is -0.313 e. The van der Waals surface area contributed by atoms with Crippen molar-refractivity contribution in [3.63, 3.8) is 0 Å². The van der Waals surface area contributed by atoms with Crippen LogP contribution in [-0.2, 0) is 10.8 Å². The van der Waals surface area contributed by atoms with Crippen molar-refractivity contribution < 1.29 is 8.60 Å². The van der Waals surface area contributed by atoms with Crippen LogP contribution in [-0.4, -0.2) is 22.5 Å². The zero-order valence-corrected chi connectivity index (χ0v) is 12.1. The van der Waals surface area contributed by atoms with Gasteiger partial charge in [0.25, 0.3) is 0 Å². The van der Waals surface area contributed by atoms with Crippen molar-refractivity contribution in [1.29, 1.82) is 0 Å². The van der Waals surface area contributed by atoms with Crippen molar-refractivity contribution in [3.05, 3.63) is 30.1 Å². The van der Waals surface area contributed by atoms with E-state index in [-0.39, 0.29) is 11.9 Å². The molecule has 0 saturated heterocycles. The van der Waals surface area contributed by atoms with Gasteiger partial charge in [-0.3, -0.25) is 4.21 Å². The SMILES string of the molecule is CCNC(CS(=O)c1cccc(F)c1)C(C)CC. The first kappa shape index (κ1) is 15.3. The molecule has 0 aliphatic carbocycles. The van der Waals surface area contributed by atoms with Crippen LogP contribution in [0.2, 0.25) is 0 Å². The summed E-state index contributed by atoms with van der Waals surface area (Å²) in [5, 5.41) is 3.36. The molecule has 3 atom stereocenters. The smallest absolute Gasteiger partial charge is 0.124 e. The average Bonchev–Trinajstić information content (AvgIpc) is 2.37. The highest BCUT2D eigenvalue weighted by atomic mass is 32.2. The van der Waals surface area contributed by atoms with Crippen LogP contribution in [0.5, 0.6) is 0 Å². The molecule has 18 heavy (non-hydrogen) atoms. The molecule has 0 bridgehead atoms. The third-order valence-electron chi connectivity index (χ3n) is 3.19. The maximum absolute atomic E-state index is 13.1. The van der Waals surface area contributed by atoms with Gasteiger partial charge in [-0.15, -0.1) is 0 Å². The average molecular weight is 271 g/mol. The molecule has 1 rings (SSSR count). The van der Waals surface area contributed by atoms with Crippen LogP contribution >= 0.6 is 0 Å². The Labute approximate surface area is 111 Å². The van der Waals surface area contributed by atoms with Crippen LogP contribution in [0.3, 0.4) is 0 Å². The fourth-order valence-corrected chi connectivity index (χ4v) is 3.28. The fourth-order valence-electron chi connectivity index (χ4n) is 1.84. The van der Waals surface area contributed by atoms with Gasteiger partial charge in [0, 0.05) is 16.7 Å². The predicted octanol–water partition coefficient (Wildman–Crippen LogP) is 2.96. The van der Waals surface area contributed by atoms with Gasteiger partial charge in [0.05, 0.1) is 10.8 Å². The highest BCUT2D eigenvalue weighted by Gasteiger charge is 2.18. The second kappa shape index (κ2) is 7.64. The summed E-state index contributed by atoms with van der Waals surface area (Å²) in [4.78, 5) is 0.571. The highest BCUT2D eigenvalue weighted by molar-refractivity contribution is 7.85. The lowest BCUT2D eigenvalue weighted by Crippen LogP contribution is -2.39. The van der Waals surface area contributed by atoms with Crippen LogP contribution in [0, 0.1) is 11.7 Å². The molecule has 0 amide bonds. The highest BCUT2D eigenvalue weighted by Crippen LogP contribution is 2.14. The normalized spacial score (nSPS) is 16.2. The van der Waals surface area contributed by atoms with Crippen molar-refractivity contribution in [1.82, 2.24) is 5.32 Å². The molecule has 0 aliphatic rings. The zero-order chi connectivity index (χ0) is 13.5. The molecule has 1 N–H and O–H groups in total. The molecular formula is C14H22FNOS. The Morgan fingerprint density at radius 3 is 2.67 bits per heavy atom. The number of rotatable bonds is 7. The van der Waals surface area contributed by atoms with E-state index in [0.717, 1.165) is 13.0 Å². The van der Waals surface area contributed by atoms with Crippen molar-refractivity contribution >= 4 is 10.8 Å². The first-order chi connectivity index (χ1) is 8.58. The first-order valence-electron chi connectivity index (χ1n) is 6.45. The van der Waals surface area contributed by atoms with Crippen LogP contribution in [0.4, 0.5) is 4.39 Å². The second-order valence-corrected chi connectivity index (χ2v) is 6.02. The van der Waals surface area contributed by atoms with E-state index in [0.29, 0.717) is 16.6 Å². The van der Waals surface area contributed by atoms with E-state index in [1.54, 1.807) is 12.1 Å². The Balaban J connectivity index is 2.72. The number of halogens is 1. The number of benzene rings is 1. The second-order valence-electron chi connectivity index (χ2n) is 4.52. The van der Waals surface area contributed by atoms with Crippen molar-refractivity contribution in [2.75, 3.05) is 12.3 Å². The van der Waals surface area contributed by atoms with Gasteiger partial charge in [-0.25, -0.2) is 4.39 Å². The maximum atomic E-state index is 13.1. The van der Waals surface area contributed by atoms with E-state index >= 15 is 0 Å². The summed E-state index contributed by atoms with van der Waals surface area (Å²) in [6.45, 7) is 7.17. The molecule has 0 radical (unpaired) electrons. The Hall–Kier alpha value is -0.740. The summed E-state index contributed by atoms with van der Waals surface area (Å²) in [6, 6.07) is 6.27. The first-order valence-corrected chi connectivity index (χ1v) is 7.77. The van der Waals surface area contributed by atoms with Crippen LogP contribution in [0.15, 0.2) is 29.2 Å². The molecule has 1 aromatic rings. The zero-order valence-electron chi connectivity index (χ0n) is 11.3. The lowest BCUT2D eigenvalue weighted by atomic mass is 10.0. The number of hydrogen-bond acceptors (Lipinski definition) is 2. The number of hydrogen-bond donors (Lipinski definition) is 1. The Bertz CT molecular complexity index is 397.